The smallest absolute Gasteiger partial charge is 0.307 e. The third-order valence-corrected chi connectivity index (χ3v) is 5.14. The van der Waals surface area contributed by atoms with E-state index in [-0.39, 0.29) is 21.1 Å². The number of sulfone groups is 1. The van der Waals surface area contributed by atoms with E-state index in [2.05, 4.69) is 0 Å². The van der Waals surface area contributed by atoms with Gasteiger partial charge in [-0.05, 0) is 48.9 Å². The first kappa shape index (κ1) is 17.0. The third kappa shape index (κ3) is 3.88. The molecule has 0 aliphatic carbocycles. The van der Waals surface area contributed by atoms with Gasteiger partial charge in [0, 0.05) is 5.56 Å². The number of aliphatic carboxylic acids is 1. The molecule has 0 aliphatic rings. The highest BCUT2D eigenvalue weighted by molar-refractivity contribution is 7.91. The summed E-state index contributed by atoms with van der Waals surface area (Å²) in [6.07, 6.45) is 0.201. The zero-order chi connectivity index (χ0) is 17.0. The number of carbonyl (C=O) groups is 1. The Kier molecular flexibility index (Phi) is 5.02. The number of nitrogens with two attached hydrogens (primary N) is 1. The monoisotopic (exact) mass is 335 g/mol. The second kappa shape index (κ2) is 6.80. The van der Waals surface area contributed by atoms with Gasteiger partial charge in [0.1, 0.15) is 5.75 Å². The first-order chi connectivity index (χ1) is 10.8. The second-order valence-electron chi connectivity index (χ2n) is 5.05. The molecule has 0 aromatic heterocycles. The predicted molar refractivity (Wildman–Crippen MR) is 84.1 cm³/mol. The van der Waals surface area contributed by atoms with Crippen LogP contribution in [0.2, 0.25) is 0 Å². The molecule has 6 nitrogen and oxygen atoms in total. The summed E-state index contributed by atoms with van der Waals surface area (Å²) >= 11 is 0. The molecule has 0 saturated carbocycles. The second-order valence-corrected chi connectivity index (χ2v) is 7.00. The fraction of sp³-hybridized carbons (Fsp3) is 0.188. The average molecular weight is 335 g/mol. The van der Waals surface area contributed by atoms with Crippen LogP contribution >= 0.6 is 0 Å². The van der Waals surface area contributed by atoms with Crippen molar-refractivity contribution in [1.82, 2.24) is 0 Å². The lowest BCUT2D eigenvalue weighted by Crippen LogP contribution is -2.06. The largest absolute Gasteiger partial charge is 0.508 e. The molecule has 23 heavy (non-hydrogen) atoms. The molecule has 7 heteroatoms. The highest BCUT2D eigenvalue weighted by Crippen LogP contribution is 2.26. The van der Waals surface area contributed by atoms with E-state index in [1.54, 1.807) is 12.1 Å². The number of benzene rings is 2. The van der Waals surface area contributed by atoms with Crippen LogP contribution in [0.4, 0.5) is 0 Å². The summed E-state index contributed by atoms with van der Waals surface area (Å²) in [5.41, 5.74) is 6.44. The van der Waals surface area contributed by atoms with Gasteiger partial charge in [-0.1, -0.05) is 12.1 Å². The fourth-order valence-electron chi connectivity index (χ4n) is 2.17. The zero-order valence-corrected chi connectivity index (χ0v) is 13.1. The Labute approximate surface area is 134 Å². The molecule has 0 bridgehead atoms. The number of phenols is 1. The summed E-state index contributed by atoms with van der Waals surface area (Å²) in [4.78, 5) is 10.8. The molecule has 0 saturated heterocycles. The van der Waals surface area contributed by atoms with Crippen molar-refractivity contribution >= 4 is 15.8 Å². The number of hydrogen-bond acceptors (Lipinski definition) is 5. The fourth-order valence-corrected chi connectivity index (χ4v) is 3.48. The topological polar surface area (TPSA) is 118 Å². The van der Waals surface area contributed by atoms with Crippen molar-refractivity contribution in [1.29, 1.82) is 0 Å². The lowest BCUT2D eigenvalue weighted by Gasteiger charge is -2.08. The summed E-state index contributed by atoms with van der Waals surface area (Å²) in [6, 6.07) is 10.00. The Morgan fingerprint density at radius 1 is 1.04 bits per heavy atom. The lowest BCUT2D eigenvalue weighted by molar-refractivity contribution is -0.136. The molecular weight excluding hydrogens is 318 g/mol. The van der Waals surface area contributed by atoms with Crippen LogP contribution in [0.25, 0.3) is 0 Å². The van der Waals surface area contributed by atoms with Crippen LogP contribution in [-0.4, -0.2) is 31.1 Å². The molecule has 2 rings (SSSR count). The van der Waals surface area contributed by atoms with Crippen LogP contribution in [0.15, 0.2) is 52.3 Å². The molecule has 4 N–H and O–H groups in total. The molecule has 0 aliphatic heterocycles. The van der Waals surface area contributed by atoms with E-state index in [0.29, 0.717) is 13.0 Å². The average Bonchev–Trinajstić information content (AvgIpc) is 2.50. The maximum Gasteiger partial charge on any atom is 0.307 e. The van der Waals surface area contributed by atoms with Gasteiger partial charge in [-0.3, -0.25) is 4.79 Å². The molecule has 2 aromatic rings. The number of aromatic hydroxyl groups is 1. The van der Waals surface area contributed by atoms with Gasteiger partial charge in [0.15, 0.2) is 0 Å². The normalized spacial score (nSPS) is 11.3. The van der Waals surface area contributed by atoms with Crippen LogP contribution in [0.1, 0.15) is 11.1 Å². The molecule has 0 spiro atoms. The van der Waals surface area contributed by atoms with E-state index in [9.17, 15) is 18.3 Å². The molecule has 0 amide bonds. The van der Waals surface area contributed by atoms with Crippen molar-refractivity contribution in [2.24, 2.45) is 5.73 Å². The summed E-state index contributed by atoms with van der Waals surface area (Å²) in [5, 5.41) is 18.5. The van der Waals surface area contributed by atoms with Gasteiger partial charge in [0.25, 0.3) is 0 Å². The Morgan fingerprint density at radius 2 is 1.65 bits per heavy atom. The molecule has 0 unspecified atom stereocenters. The van der Waals surface area contributed by atoms with Gasteiger partial charge >= 0.3 is 5.97 Å². The number of rotatable bonds is 6. The number of carboxylic acids is 1. The molecular formula is C16H17NO5S. The van der Waals surface area contributed by atoms with Crippen molar-refractivity contribution in [2.75, 3.05) is 6.54 Å². The standard InChI is InChI=1S/C16H17NO5S/c17-8-7-11-1-3-13(4-2-11)23(21,22)14-5-6-15(18)12(9-14)10-16(19)20/h1-6,9,18H,7-8,10,17H2,(H,19,20). The minimum atomic E-state index is -3.78. The minimum Gasteiger partial charge on any atom is -0.508 e. The summed E-state index contributed by atoms with van der Waals surface area (Å²) in [7, 11) is -3.78. The number of hydrogen-bond donors (Lipinski definition) is 3. The summed E-state index contributed by atoms with van der Waals surface area (Å²) < 4.78 is 25.2. The first-order valence-electron chi connectivity index (χ1n) is 6.92. The molecule has 0 atom stereocenters. The SMILES string of the molecule is NCCc1ccc(S(=O)(=O)c2ccc(O)c(CC(=O)O)c2)cc1. The number of carboxylic acid groups (broad SMARTS) is 1. The predicted octanol–water partition coefficient (Wildman–Crippen LogP) is 1.35. The van der Waals surface area contributed by atoms with E-state index in [1.165, 1.54) is 30.3 Å². The van der Waals surface area contributed by atoms with Crippen molar-refractivity contribution in [3.05, 3.63) is 53.6 Å². The quantitative estimate of drug-likeness (QED) is 0.733. The van der Waals surface area contributed by atoms with Crippen LogP contribution < -0.4 is 5.73 Å². The van der Waals surface area contributed by atoms with Crippen LogP contribution in [0.5, 0.6) is 5.75 Å². The van der Waals surface area contributed by atoms with Gasteiger partial charge in [-0.15, -0.1) is 0 Å². The van der Waals surface area contributed by atoms with E-state index < -0.39 is 22.2 Å². The number of phenolic OH excluding ortho intramolecular Hbond substituents is 1. The van der Waals surface area contributed by atoms with Crippen molar-refractivity contribution < 1.29 is 23.4 Å². The van der Waals surface area contributed by atoms with Crippen LogP contribution in [0, 0.1) is 0 Å². The van der Waals surface area contributed by atoms with E-state index in [4.69, 9.17) is 10.8 Å². The highest BCUT2D eigenvalue weighted by atomic mass is 32.2. The van der Waals surface area contributed by atoms with Gasteiger partial charge < -0.3 is 15.9 Å². The Balaban J connectivity index is 2.41. The zero-order valence-electron chi connectivity index (χ0n) is 12.3. The Bertz CT molecular complexity index is 813. The maximum atomic E-state index is 12.6. The highest BCUT2D eigenvalue weighted by Gasteiger charge is 2.19. The summed E-state index contributed by atoms with van der Waals surface area (Å²) in [6.45, 7) is 0.475. The maximum absolute atomic E-state index is 12.6. The van der Waals surface area contributed by atoms with Gasteiger partial charge in [-0.2, -0.15) is 0 Å². The van der Waals surface area contributed by atoms with Crippen molar-refractivity contribution in [3.8, 4) is 5.75 Å². The molecule has 0 radical (unpaired) electrons. The van der Waals surface area contributed by atoms with Crippen LogP contribution in [-0.2, 0) is 27.5 Å². The third-order valence-electron chi connectivity index (χ3n) is 3.37. The van der Waals surface area contributed by atoms with Crippen molar-refractivity contribution in [3.63, 3.8) is 0 Å². The van der Waals surface area contributed by atoms with Gasteiger partial charge in [0.2, 0.25) is 9.84 Å². The van der Waals surface area contributed by atoms with Gasteiger partial charge in [0.05, 0.1) is 16.2 Å². The van der Waals surface area contributed by atoms with Gasteiger partial charge in [-0.25, -0.2) is 8.42 Å². The molecule has 0 heterocycles. The Morgan fingerprint density at radius 3 is 2.22 bits per heavy atom. The molecule has 0 fully saturated rings. The lowest BCUT2D eigenvalue weighted by atomic mass is 10.1. The molecule has 2 aromatic carbocycles. The van der Waals surface area contributed by atoms with E-state index in [1.807, 2.05) is 0 Å². The van der Waals surface area contributed by atoms with Crippen molar-refractivity contribution in [2.45, 2.75) is 22.6 Å². The summed E-state index contributed by atoms with van der Waals surface area (Å²) in [5.74, 6) is -1.40. The van der Waals surface area contributed by atoms with Crippen LogP contribution in [0.3, 0.4) is 0 Å². The van der Waals surface area contributed by atoms with E-state index in [0.717, 1.165) is 5.56 Å². The first-order valence-corrected chi connectivity index (χ1v) is 8.40. The molecule has 122 valence electrons. The van der Waals surface area contributed by atoms with E-state index >= 15 is 0 Å². The minimum absolute atomic E-state index is 0.0540. The Hall–Kier alpha value is -2.38.